The molecule has 6 nitrogen and oxygen atoms in total. The van der Waals surface area contributed by atoms with Gasteiger partial charge < -0.3 is 5.73 Å². The molecule has 0 fully saturated rings. The van der Waals surface area contributed by atoms with Crippen LogP contribution in [0, 0.1) is 17.0 Å². The number of hydrogen-bond acceptors (Lipinski definition) is 5. The second-order valence-corrected chi connectivity index (χ2v) is 4.30. The normalized spacial score (nSPS) is 12.2. The van der Waals surface area contributed by atoms with Crippen LogP contribution < -0.4 is 5.73 Å². The second-order valence-electron chi connectivity index (χ2n) is 4.30. The lowest BCUT2D eigenvalue weighted by Crippen LogP contribution is -2.09. The summed E-state index contributed by atoms with van der Waals surface area (Å²) in [6.07, 6.45) is 1.62. The fraction of sp³-hybridized carbons (Fsp3) is 0.231. The predicted octanol–water partition coefficient (Wildman–Crippen LogP) is 2.38. The van der Waals surface area contributed by atoms with Gasteiger partial charge in [-0.3, -0.25) is 10.1 Å². The second kappa shape index (κ2) is 5.11. The van der Waals surface area contributed by atoms with Crippen LogP contribution in [-0.4, -0.2) is 14.9 Å². The number of nitrogens with zero attached hydrogens (tertiary/aromatic N) is 3. The Bertz CT molecular complexity index is 626. The van der Waals surface area contributed by atoms with Crippen LogP contribution in [-0.2, 0) is 0 Å². The van der Waals surface area contributed by atoms with Crippen molar-refractivity contribution in [3.63, 3.8) is 0 Å². The molecule has 2 rings (SSSR count). The summed E-state index contributed by atoms with van der Waals surface area (Å²) in [5.41, 5.74) is 7.77. The van der Waals surface area contributed by atoms with Gasteiger partial charge in [-0.05, 0) is 19.9 Å². The first-order valence-corrected chi connectivity index (χ1v) is 5.83. The fourth-order valence-electron chi connectivity index (χ4n) is 1.88. The van der Waals surface area contributed by atoms with Gasteiger partial charge in [0.05, 0.1) is 10.5 Å². The number of nitro benzene ring substituents is 1. The molecule has 2 N–H and O–H groups in total. The van der Waals surface area contributed by atoms with Crippen molar-refractivity contribution in [2.45, 2.75) is 19.9 Å². The van der Waals surface area contributed by atoms with Gasteiger partial charge in [0.1, 0.15) is 0 Å². The highest BCUT2D eigenvalue weighted by Gasteiger charge is 2.17. The average molecular weight is 258 g/mol. The van der Waals surface area contributed by atoms with Crippen molar-refractivity contribution in [1.82, 2.24) is 9.97 Å². The maximum Gasteiger partial charge on any atom is 0.280 e. The van der Waals surface area contributed by atoms with E-state index in [1.165, 1.54) is 6.07 Å². The lowest BCUT2D eigenvalue weighted by molar-refractivity contribution is -0.384. The van der Waals surface area contributed by atoms with E-state index in [0.717, 1.165) is 11.3 Å². The molecule has 0 aliphatic heterocycles. The fourth-order valence-corrected chi connectivity index (χ4v) is 1.88. The van der Waals surface area contributed by atoms with E-state index in [9.17, 15) is 10.1 Å². The monoisotopic (exact) mass is 258 g/mol. The Balaban J connectivity index is 2.54. The van der Waals surface area contributed by atoms with Crippen molar-refractivity contribution in [3.8, 4) is 11.4 Å². The Hall–Kier alpha value is -2.34. The molecule has 0 aliphatic carbocycles. The van der Waals surface area contributed by atoms with Crippen LogP contribution >= 0.6 is 0 Å². The van der Waals surface area contributed by atoms with Gasteiger partial charge in [-0.25, -0.2) is 9.97 Å². The van der Waals surface area contributed by atoms with E-state index < -0.39 is 4.92 Å². The summed E-state index contributed by atoms with van der Waals surface area (Å²) in [5.74, 6) is 0.342. The van der Waals surface area contributed by atoms with Gasteiger partial charge in [0, 0.05) is 29.6 Å². The zero-order valence-corrected chi connectivity index (χ0v) is 10.7. The van der Waals surface area contributed by atoms with E-state index >= 15 is 0 Å². The summed E-state index contributed by atoms with van der Waals surface area (Å²) < 4.78 is 0. The number of nitro groups is 1. The molecule has 1 aromatic carbocycles. The largest absolute Gasteiger partial charge is 0.324 e. The van der Waals surface area contributed by atoms with Gasteiger partial charge in [-0.2, -0.15) is 0 Å². The Morgan fingerprint density at radius 1 is 1.37 bits per heavy atom. The summed E-state index contributed by atoms with van der Waals surface area (Å²) in [5, 5.41) is 11.0. The SMILES string of the molecule is Cc1nc(-c2ccccc2[N+](=O)[O-])ncc1C(C)N. The van der Waals surface area contributed by atoms with E-state index in [4.69, 9.17) is 5.73 Å². The maximum absolute atomic E-state index is 11.0. The molecular formula is C13H14N4O2. The van der Waals surface area contributed by atoms with Crippen molar-refractivity contribution in [3.05, 3.63) is 51.8 Å². The van der Waals surface area contributed by atoms with Crippen molar-refractivity contribution < 1.29 is 4.92 Å². The molecule has 1 heterocycles. The van der Waals surface area contributed by atoms with Gasteiger partial charge in [0.15, 0.2) is 5.82 Å². The Morgan fingerprint density at radius 3 is 2.63 bits per heavy atom. The minimum absolute atomic E-state index is 0.00422. The summed E-state index contributed by atoms with van der Waals surface area (Å²) in [6.45, 7) is 3.66. The Morgan fingerprint density at radius 2 is 2.05 bits per heavy atom. The van der Waals surface area contributed by atoms with Crippen molar-refractivity contribution in [2.24, 2.45) is 5.73 Å². The highest BCUT2D eigenvalue weighted by molar-refractivity contribution is 5.67. The van der Waals surface area contributed by atoms with E-state index in [1.807, 2.05) is 13.8 Å². The van der Waals surface area contributed by atoms with E-state index in [2.05, 4.69) is 9.97 Å². The van der Waals surface area contributed by atoms with Crippen LogP contribution in [0.2, 0.25) is 0 Å². The third-order valence-corrected chi connectivity index (χ3v) is 2.85. The number of benzene rings is 1. The molecule has 0 saturated heterocycles. The molecule has 0 bridgehead atoms. The molecule has 1 atom stereocenters. The molecule has 2 aromatic rings. The zero-order chi connectivity index (χ0) is 14.0. The maximum atomic E-state index is 11.0. The standard InChI is InChI=1S/C13H14N4O2/c1-8(14)11-7-15-13(16-9(11)2)10-5-3-4-6-12(10)17(18)19/h3-8H,14H2,1-2H3. The summed E-state index contributed by atoms with van der Waals surface area (Å²) in [4.78, 5) is 19.0. The van der Waals surface area contributed by atoms with Gasteiger partial charge in [0.2, 0.25) is 0 Å². The number of aryl methyl sites for hydroxylation is 1. The highest BCUT2D eigenvalue weighted by Crippen LogP contribution is 2.27. The van der Waals surface area contributed by atoms with E-state index in [1.54, 1.807) is 24.4 Å². The number of nitrogens with two attached hydrogens (primary N) is 1. The lowest BCUT2D eigenvalue weighted by Gasteiger charge is -2.09. The summed E-state index contributed by atoms with van der Waals surface area (Å²) >= 11 is 0. The van der Waals surface area contributed by atoms with Gasteiger partial charge >= 0.3 is 0 Å². The van der Waals surface area contributed by atoms with Crippen LogP contribution in [0.3, 0.4) is 0 Å². The van der Waals surface area contributed by atoms with Crippen molar-refractivity contribution in [2.75, 3.05) is 0 Å². The van der Waals surface area contributed by atoms with E-state index in [-0.39, 0.29) is 11.7 Å². The molecule has 1 unspecified atom stereocenters. The molecule has 0 radical (unpaired) electrons. The van der Waals surface area contributed by atoms with Crippen LogP contribution in [0.4, 0.5) is 5.69 Å². The Labute approximate surface area is 110 Å². The summed E-state index contributed by atoms with van der Waals surface area (Å²) in [7, 11) is 0. The third-order valence-electron chi connectivity index (χ3n) is 2.85. The molecule has 0 amide bonds. The number of para-hydroxylation sites is 1. The molecule has 19 heavy (non-hydrogen) atoms. The average Bonchev–Trinajstić information content (AvgIpc) is 2.38. The Kier molecular flexibility index (Phi) is 3.52. The number of aromatic nitrogens is 2. The molecule has 0 spiro atoms. The molecule has 0 aliphatic rings. The number of rotatable bonds is 3. The quantitative estimate of drug-likeness (QED) is 0.673. The topological polar surface area (TPSA) is 94.9 Å². The van der Waals surface area contributed by atoms with Gasteiger partial charge in [-0.15, -0.1) is 0 Å². The molecule has 6 heteroatoms. The molecular weight excluding hydrogens is 244 g/mol. The van der Waals surface area contributed by atoms with Crippen LogP contribution in [0.1, 0.15) is 24.2 Å². The molecule has 98 valence electrons. The van der Waals surface area contributed by atoms with E-state index in [0.29, 0.717) is 11.4 Å². The molecule has 0 saturated carbocycles. The summed E-state index contributed by atoms with van der Waals surface area (Å²) in [6, 6.07) is 6.25. The van der Waals surface area contributed by atoms with Gasteiger partial charge in [0.25, 0.3) is 5.69 Å². The van der Waals surface area contributed by atoms with Gasteiger partial charge in [-0.1, -0.05) is 12.1 Å². The predicted molar refractivity (Wildman–Crippen MR) is 71.5 cm³/mol. The number of hydrogen-bond donors (Lipinski definition) is 1. The van der Waals surface area contributed by atoms with Crippen LogP contribution in [0.5, 0.6) is 0 Å². The first kappa shape index (κ1) is 13.1. The minimum Gasteiger partial charge on any atom is -0.324 e. The highest BCUT2D eigenvalue weighted by atomic mass is 16.6. The third kappa shape index (κ3) is 2.58. The van der Waals surface area contributed by atoms with Crippen LogP contribution in [0.15, 0.2) is 30.5 Å². The minimum atomic E-state index is -0.437. The zero-order valence-electron chi connectivity index (χ0n) is 10.7. The lowest BCUT2D eigenvalue weighted by atomic mass is 10.1. The first-order valence-electron chi connectivity index (χ1n) is 5.83. The van der Waals surface area contributed by atoms with Crippen molar-refractivity contribution >= 4 is 5.69 Å². The first-order chi connectivity index (χ1) is 9.00. The van der Waals surface area contributed by atoms with Crippen molar-refractivity contribution in [1.29, 1.82) is 0 Å². The van der Waals surface area contributed by atoms with Crippen LogP contribution in [0.25, 0.3) is 11.4 Å². The molecule has 1 aromatic heterocycles. The smallest absolute Gasteiger partial charge is 0.280 e.